The smallest absolute Gasteiger partial charge is 0.407 e. The summed E-state index contributed by atoms with van der Waals surface area (Å²) in [6.07, 6.45) is 9.67. The van der Waals surface area contributed by atoms with E-state index >= 15 is 0 Å². The third-order valence-electron chi connectivity index (χ3n) is 2.35. The van der Waals surface area contributed by atoms with Crippen LogP contribution < -0.4 is 11.1 Å². The molecule has 0 aromatic heterocycles. The summed E-state index contributed by atoms with van der Waals surface area (Å²) < 4.78 is 5.05. The minimum absolute atomic E-state index is 0.0417. The van der Waals surface area contributed by atoms with Gasteiger partial charge in [0.2, 0.25) is 0 Å². The van der Waals surface area contributed by atoms with Gasteiger partial charge in [-0.1, -0.05) is 44.2 Å². The second kappa shape index (κ2) is 6.25. The van der Waals surface area contributed by atoms with Gasteiger partial charge in [-0.2, -0.15) is 0 Å². The van der Waals surface area contributed by atoms with E-state index in [-0.39, 0.29) is 12.0 Å². The van der Waals surface area contributed by atoms with Crippen LogP contribution in [0.1, 0.15) is 13.8 Å². The molecule has 0 spiro atoms. The van der Waals surface area contributed by atoms with E-state index in [0.717, 1.165) is 5.57 Å². The standard InChI is InChI=1S/C13H20N2O2/c1-13(2)6-3-4-11(5-7-13)10-17-12(16)15-9-8-14/h3-7H,8-10,14H2,1-2H3,(H,15,16). The van der Waals surface area contributed by atoms with E-state index in [1.54, 1.807) is 0 Å². The molecule has 94 valence electrons. The summed E-state index contributed by atoms with van der Waals surface area (Å²) >= 11 is 0. The van der Waals surface area contributed by atoms with Gasteiger partial charge in [-0.25, -0.2) is 4.79 Å². The fourth-order valence-corrected chi connectivity index (χ4v) is 1.32. The molecular formula is C13H20N2O2. The van der Waals surface area contributed by atoms with Crippen LogP contribution in [0.5, 0.6) is 0 Å². The first-order chi connectivity index (χ1) is 8.03. The molecule has 4 heteroatoms. The molecule has 0 bridgehead atoms. The van der Waals surface area contributed by atoms with Gasteiger partial charge in [-0.15, -0.1) is 0 Å². The van der Waals surface area contributed by atoms with E-state index in [4.69, 9.17) is 10.5 Å². The number of rotatable bonds is 4. The number of nitrogens with two attached hydrogens (primary N) is 1. The second-order valence-electron chi connectivity index (χ2n) is 4.55. The summed E-state index contributed by atoms with van der Waals surface area (Å²) in [5.74, 6) is 0. The number of allylic oxidation sites excluding steroid dienone is 4. The Morgan fingerprint density at radius 1 is 1.47 bits per heavy atom. The molecule has 0 saturated heterocycles. The van der Waals surface area contributed by atoms with Gasteiger partial charge in [0.15, 0.2) is 0 Å². The van der Waals surface area contributed by atoms with Gasteiger partial charge in [0.25, 0.3) is 0 Å². The lowest BCUT2D eigenvalue weighted by Crippen LogP contribution is -2.29. The Morgan fingerprint density at radius 2 is 2.24 bits per heavy atom. The molecule has 1 rings (SSSR count). The Kier molecular flexibility index (Phi) is 4.97. The molecule has 0 saturated carbocycles. The second-order valence-corrected chi connectivity index (χ2v) is 4.55. The Morgan fingerprint density at radius 3 is 2.94 bits per heavy atom. The van der Waals surface area contributed by atoms with Crippen LogP contribution in [0.2, 0.25) is 0 Å². The van der Waals surface area contributed by atoms with Gasteiger partial charge in [-0.05, 0) is 5.57 Å². The molecule has 1 aliphatic carbocycles. The summed E-state index contributed by atoms with van der Waals surface area (Å²) in [5.41, 5.74) is 6.27. The molecule has 0 heterocycles. The number of alkyl carbamates (subject to hydrolysis) is 1. The van der Waals surface area contributed by atoms with Gasteiger partial charge in [0.05, 0.1) is 0 Å². The molecule has 0 aromatic carbocycles. The number of carbonyl (C=O) groups excluding carboxylic acids is 1. The van der Waals surface area contributed by atoms with Crippen molar-refractivity contribution in [2.24, 2.45) is 11.1 Å². The van der Waals surface area contributed by atoms with Crippen molar-refractivity contribution < 1.29 is 9.53 Å². The molecule has 17 heavy (non-hydrogen) atoms. The van der Waals surface area contributed by atoms with Crippen LogP contribution in [0.15, 0.2) is 36.0 Å². The lowest BCUT2D eigenvalue weighted by molar-refractivity contribution is 0.157. The van der Waals surface area contributed by atoms with Crippen LogP contribution in [0.4, 0.5) is 4.79 Å². The van der Waals surface area contributed by atoms with E-state index in [0.29, 0.717) is 13.1 Å². The summed E-state index contributed by atoms with van der Waals surface area (Å²) in [6, 6.07) is 0. The van der Waals surface area contributed by atoms with E-state index in [9.17, 15) is 4.79 Å². The maximum absolute atomic E-state index is 11.2. The first-order valence-electron chi connectivity index (χ1n) is 5.72. The topological polar surface area (TPSA) is 64.3 Å². The van der Waals surface area contributed by atoms with Crippen LogP contribution in [-0.2, 0) is 4.74 Å². The van der Waals surface area contributed by atoms with Gasteiger partial charge in [-0.3, -0.25) is 0 Å². The van der Waals surface area contributed by atoms with Crippen LogP contribution in [0.25, 0.3) is 0 Å². The van der Waals surface area contributed by atoms with Crippen molar-refractivity contribution >= 4 is 6.09 Å². The highest BCUT2D eigenvalue weighted by atomic mass is 16.5. The number of hydrogen-bond donors (Lipinski definition) is 2. The predicted molar refractivity (Wildman–Crippen MR) is 68.5 cm³/mol. The van der Waals surface area contributed by atoms with E-state index in [2.05, 4.69) is 31.3 Å². The van der Waals surface area contributed by atoms with Gasteiger partial charge in [0.1, 0.15) is 6.61 Å². The highest BCUT2D eigenvalue weighted by Crippen LogP contribution is 2.22. The molecule has 0 unspecified atom stereocenters. The zero-order chi connectivity index (χ0) is 12.7. The lowest BCUT2D eigenvalue weighted by atomic mass is 9.93. The maximum atomic E-state index is 11.2. The van der Waals surface area contributed by atoms with Gasteiger partial charge >= 0.3 is 6.09 Å². The molecule has 1 amide bonds. The largest absolute Gasteiger partial charge is 0.445 e. The fourth-order valence-electron chi connectivity index (χ4n) is 1.32. The normalized spacial score (nSPS) is 17.2. The number of nitrogens with one attached hydrogen (secondary N) is 1. The van der Waals surface area contributed by atoms with E-state index in [1.807, 2.05) is 18.2 Å². The molecule has 3 N–H and O–H groups in total. The first-order valence-corrected chi connectivity index (χ1v) is 5.72. The SMILES string of the molecule is CC1(C)C=CC=C(COC(=O)NCCN)C=C1. The number of carbonyl (C=O) groups is 1. The highest BCUT2D eigenvalue weighted by Gasteiger charge is 2.11. The van der Waals surface area contributed by atoms with Crippen molar-refractivity contribution in [1.29, 1.82) is 0 Å². The van der Waals surface area contributed by atoms with Crippen molar-refractivity contribution in [1.82, 2.24) is 5.32 Å². The Balaban J connectivity index is 2.41. The highest BCUT2D eigenvalue weighted by molar-refractivity contribution is 5.67. The Bertz CT molecular complexity index is 354. The number of ether oxygens (including phenoxy) is 1. The van der Waals surface area contributed by atoms with Gasteiger partial charge < -0.3 is 15.8 Å². The summed E-state index contributed by atoms with van der Waals surface area (Å²) in [7, 11) is 0. The molecule has 0 atom stereocenters. The molecular weight excluding hydrogens is 216 g/mol. The molecule has 0 aromatic rings. The van der Waals surface area contributed by atoms with Crippen LogP contribution in [-0.4, -0.2) is 25.8 Å². The summed E-state index contributed by atoms with van der Waals surface area (Å²) in [4.78, 5) is 11.2. The molecule has 0 fully saturated rings. The summed E-state index contributed by atoms with van der Waals surface area (Å²) in [6.45, 7) is 5.35. The summed E-state index contributed by atoms with van der Waals surface area (Å²) in [5, 5.41) is 2.55. The van der Waals surface area contributed by atoms with Crippen molar-refractivity contribution in [3.05, 3.63) is 36.0 Å². The van der Waals surface area contributed by atoms with Crippen LogP contribution in [0, 0.1) is 5.41 Å². The average Bonchev–Trinajstić information content (AvgIpc) is 2.45. The molecule has 0 radical (unpaired) electrons. The van der Waals surface area contributed by atoms with Crippen molar-refractivity contribution in [3.8, 4) is 0 Å². The van der Waals surface area contributed by atoms with E-state index in [1.165, 1.54) is 0 Å². The Labute approximate surface area is 102 Å². The third kappa shape index (κ3) is 5.36. The van der Waals surface area contributed by atoms with Crippen molar-refractivity contribution in [3.63, 3.8) is 0 Å². The molecule has 0 aliphatic heterocycles. The average molecular weight is 236 g/mol. The maximum Gasteiger partial charge on any atom is 0.407 e. The monoisotopic (exact) mass is 236 g/mol. The Hall–Kier alpha value is -1.55. The van der Waals surface area contributed by atoms with Gasteiger partial charge in [0, 0.05) is 18.5 Å². The third-order valence-corrected chi connectivity index (χ3v) is 2.35. The lowest BCUT2D eigenvalue weighted by Gasteiger charge is -2.12. The molecule has 4 nitrogen and oxygen atoms in total. The first kappa shape index (κ1) is 13.5. The van der Waals surface area contributed by atoms with Crippen molar-refractivity contribution in [2.75, 3.05) is 19.7 Å². The minimum Gasteiger partial charge on any atom is -0.445 e. The zero-order valence-corrected chi connectivity index (χ0v) is 10.4. The minimum atomic E-state index is -0.433. The fraction of sp³-hybridized carbons (Fsp3) is 0.462. The predicted octanol–water partition coefficient (Wildman–Crippen LogP) is 1.75. The van der Waals surface area contributed by atoms with Crippen LogP contribution in [0.3, 0.4) is 0 Å². The number of hydrogen-bond acceptors (Lipinski definition) is 3. The zero-order valence-electron chi connectivity index (χ0n) is 10.4. The number of amides is 1. The quantitative estimate of drug-likeness (QED) is 0.781. The van der Waals surface area contributed by atoms with Crippen molar-refractivity contribution in [2.45, 2.75) is 13.8 Å². The van der Waals surface area contributed by atoms with Crippen LogP contribution >= 0.6 is 0 Å². The molecule has 1 aliphatic rings. The van der Waals surface area contributed by atoms with E-state index < -0.39 is 6.09 Å².